The van der Waals surface area contributed by atoms with Crippen molar-refractivity contribution in [1.29, 1.82) is 0 Å². The van der Waals surface area contributed by atoms with Gasteiger partial charge >= 0.3 is 0 Å². The van der Waals surface area contributed by atoms with Gasteiger partial charge in [0.25, 0.3) is 0 Å². The molecule has 0 radical (unpaired) electrons. The van der Waals surface area contributed by atoms with Crippen molar-refractivity contribution in [3.63, 3.8) is 0 Å². The van der Waals surface area contributed by atoms with Crippen LogP contribution < -0.4 is 10.1 Å². The number of nitrogens with one attached hydrogen (secondary N) is 1. The third-order valence-electron chi connectivity index (χ3n) is 6.03. The molecule has 1 amide bonds. The highest BCUT2D eigenvalue weighted by Gasteiger charge is 2.43. The van der Waals surface area contributed by atoms with Crippen LogP contribution in [-0.4, -0.2) is 36.5 Å². The van der Waals surface area contributed by atoms with Crippen LogP contribution in [0.3, 0.4) is 0 Å². The lowest BCUT2D eigenvalue weighted by atomic mass is 9.88. The fourth-order valence-corrected chi connectivity index (χ4v) is 4.69. The average Bonchev–Trinajstić information content (AvgIpc) is 3.00. The molecule has 2 fully saturated rings. The molecule has 5 heteroatoms. The van der Waals surface area contributed by atoms with Crippen molar-refractivity contribution in [2.75, 3.05) is 13.7 Å². The number of ether oxygens (including phenoxy) is 1. The predicted molar refractivity (Wildman–Crippen MR) is 107 cm³/mol. The molecule has 0 bridgehead atoms. The van der Waals surface area contributed by atoms with Crippen molar-refractivity contribution < 1.29 is 13.9 Å². The van der Waals surface area contributed by atoms with Gasteiger partial charge in [-0.15, -0.1) is 0 Å². The monoisotopic (exact) mass is 382 g/mol. The van der Waals surface area contributed by atoms with Crippen molar-refractivity contribution in [2.24, 2.45) is 0 Å². The van der Waals surface area contributed by atoms with Crippen LogP contribution in [0.2, 0.25) is 0 Å². The zero-order valence-electron chi connectivity index (χ0n) is 16.2. The molecular weight excluding hydrogens is 355 g/mol. The first-order valence-electron chi connectivity index (χ1n) is 10.1. The summed E-state index contributed by atoms with van der Waals surface area (Å²) >= 11 is 0. The van der Waals surface area contributed by atoms with Gasteiger partial charge in [0.1, 0.15) is 11.6 Å². The van der Waals surface area contributed by atoms with Crippen LogP contribution in [0.1, 0.15) is 42.7 Å². The first-order valence-corrected chi connectivity index (χ1v) is 10.1. The summed E-state index contributed by atoms with van der Waals surface area (Å²) < 4.78 is 19.2. The first kappa shape index (κ1) is 18.9. The summed E-state index contributed by atoms with van der Waals surface area (Å²) in [5, 5.41) is 3.26. The fraction of sp³-hybridized carbons (Fsp3) is 0.435. The molecule has 148 valence electrons. The molecule has 4 nitrogen and oxygen atoms in total. The lowest BCUT2D eigenvalue weighted by Crippen LogP contribution is -2.47. The number of methoxy groups -OCH3 is 1. The third kappa shape index (κ3) is 4.04. The Labute approximate surface area is 165 Å². The minimum absolute atomic E-state index is 0.0141. The molecule has 3 atom stereocenters. The molecule has 2 heterocycles. The maximum atomic E-state index is 13.9. The summed E-state index contributed by atoms with van der Waals surface area (Å²) in [5.41, 5.74) is 2.15. The smallest absolute Gasteiger partial charge is 0.220 e. The molecule has 2 aromatic rings. The Balaban J connectivity index is 1.63. The van der Waals surface area contributed by atoms with E-state index in [4.69, 9.17) is 4.74 Å². The number of carbonyl (C=O) groups excluding carboxylic acids is 1. The quantitative estimate of drug-likeness (QED) is 0.873. The number of nitrogens with zero attached hydrogens (tertiary/aromatic N) is 1. The van der Waals surface area contributed by atoms with Crippen molar-refractivity contribution in [2.45, 2.75) is 50.2 Å². The maximum Gasteiger partial charge on any atom is 0.220 e. The zero-order valence-corrected chi connectivity index (χ0v) is 16.2. The molecule has 1 N–H and O–H groups in total. The van der Waals surface area contributed by atoms with Crippen molar-refractivity contribution >= 4 is 5.91 Å². The van der Waals surface area contributed by atoms with Crippen LogP contribution in [0.25, 0.3) is 0 Å². The second-order valence-electron chi connectivity index (χ2n) is 7.85. The van der Waals surface area contributed by atoms with E-state index in [1.165, 1.54) is 11.6 Å². The topological polar surface area (TPSA) is 41.6 Å². The highest BCUT2D eigenvalue weighted by atomic mass is 19.1. The second kappa shape index (κ2) is 8.31. The van der Waals surface area contributed by atoms with Gasteiger partial charge in [-0.25, -0.2) is 4.39 Å². The maximum absolute atomic E-state index is 13.9. The lowest BCUT2D eigenvalue weighted by molar-refractivity contribution is -0.122. The van der Waals surface area contributed by atoms with E-state index in [-0.39, 0.29) is 29.7 Å². The van der Waals surface area contributed by atoms with Crippen molar-refractivity contribution in [3.05, 3.63) is 65.5 Å². The number of hydrogen-bond donors (Lipinski definition) is 1. The Bertz CT molecular complexity index is 841. The fourth-order valence-electron chi connectivity index (χ4n) is 4.69. The molecule has 0 unspecified atom stereocenters. The first-order chi connectivity index (χ1) is 13.6. The van der Waals surface area contributed by atoms with Crippen LogP contribution >= 0.6 is 0 Å². The van der Waals surface area contributed by atoms with Crippen LogP contribution in [0.4, 0.5) is 4.39 Å². The summed E-state index contributed by atoms with van der Waals surface area (Å²) in [5.74, 6) is 0.825. The number of likely N-dealkylation sites (tertiary alicyclic amines) is 1. The molecule has 2 saturated heterocycles. The molecule has 0 spiro atoms. The van der Waals surface area contributed by atoms with Crippen LogP contribution in [0, 0.1) is 5.82 Å². The minimum Gasteiger partial charge on any atom is -0.497 e. The van der Waals surface area contributed by atoms with Gasteiger partial charge in [0.15, 0.2) is 0 Å². The molecular formula is C23H27FN2O2. The number of rotatable bonds is 4. The number of halogens is 1. The molecule has 4 rings (SSSR count). The van der Waals surface area contributed by atoms with Gasteiger partial charge in [-0.05, 0) is 48.2 Å². The number of benzene rings is 2. The Morgan fingerprint density at radius 2 is 2.04 bits per heavy atom. The third-order valence-corrected chi connectivity index (χ3v) is 6.03. The summed E-state index contributed by atoms with van der Waals surface area (Å²) in [6.07, 6.45) is 3.58. The zero-order chi connectivity index (χ0) is 19.5. The van der Waals surface area contributed by atoms with Crippen LogP contribution in [0.15, 0.2) is 48.5 Å². The summed E-state index contributed by atoms with van der Waals surface area (Å²) in [6, 6.07) is 15.2. The molecule has 0 saturated carbocycles. The normalized spacial score (nSPS) is 25.5. The van der Waals surface area contributed by atoms with Crippen LogP contribution in [0.5, 0.6) is 5.75 Å². The van der Waals surface area contributed by atoms with Crippen molar-refractivity contribution in [1.82, 2.24) is 10.2 Å². The highest BCUT2D eigenvalue weighted by molar-refractivity contribution is 5.76. The van der Waals surface area contributed by atoms with E-state index in [2.05, 4.69) is 22.3 Å². The Kier molecular flexibility index (Phi) is 5.62. The second-order valence-corrected chi connectivity index (χ2v) is 7.85. The average molecular weight is 382 g/mol. The van der Waals surface area contributed by atoms with Gasteiger partial charge in [-0.1, -0.05) is 30.7 Å². The van der Waals surface area contributed by atoms with E-state index in [9.17, 15) is 9.18 Å². The standard InChI is InChI=1S/C23H27FN2O2/c1-28-19-9-4-6-16(12-19)14-26-15-20(17-7-5-8-18(24)13-17)23-21(26)10-2-3-11-22(27)25-23/h4-9,12-13,20-21,23H,2-3,10-11,14-15H2,1H3,(H,25,27)/t20-,21+,23-/m0/s1. The number of carbonyl (C=O) groups is 1. The summed E-state index contributed by atoms with van der Waals surface area (Å²) in [7, 11) is 1.68. The summed E-state index contributed by atoms with van der Waals surface area (Å²) in [6.45, 7) is 1.59. The largest absolute Gasteiger partial charge is 0.497 e. The highest BCUT2D eigenvalue weighted by Crippen LogP contribution is 2.37. The van der Waals surface area contributed by atoms with Crippen LogP contribution in [-0.2, 0) is 11.3 Å². The van der Waals surface area contributed by atoms with Gasteiger partial charge in [-0.2, -0.15) is 0 Å². The van der Waals surface area contributed by atoms with E-state index in [1.807, 2.05) is 18.2 Å². The Morgan fingerprint density at radius 1 is 1.18 bits per heavy atom. The Hall–Kier alpha value is -2.40. The molecule has 2 aromatic carbocycles. The molecule has 2 aliphatic heterocycles. The van der Waals surface area contributed by atoms with E-state index >= 15 is 0 Å². The Morgan fingerprint density at radius 3 is 2.86 bits per heavy atom. The van der Waals surface area contributed by atoms with Gasteiger partial charge in [0, 0.05) is 31.5 Å². The molecule has 0 aromatic heterocycles. The minimum atomic E-state index is -0.225. The SMILES string of the molecule is COc1cccc(CN2C[C@@H](c3cccc(F)c3)[C@@H]3NC(=O)CCCC[C@H]32)c1. The number of fused-ring (bicyclic) bond motifs is 1. The van der Waals surface area contributed by atoms with Gasteiger partial charge < -0.3 is 10.1 Å². The molecule has 28 heavy (non-hydrogen) atoms. The van der Waals surface area contributed by atoms with E-state index in [0.717, 1.165) is 43.7 Å². The van der Waals surface area contributed by atoms with Gasteiger partial charge in [0.05, 0.1) is 13.2 Å². The van der Waals surface area contributed by atoms with E-state index in [0.29, 0.717) is 6.42 Å². The molecule has 2 aliphatic rings. The number of amides is 1. The van der Waals surface area contributed by atoms with Crippen molar-refractivity contribution in [3.8, 4) is 5.75 Å². The predicted octanol–water partition coefficient (Wildman–Crippen LogP) is 3.86. The number of hydrogen-bond acceptors (Lipinski definition) is 3. The van der Waals surface area contributed by atoms with Gasteiger partial charge in [0.2, 0.25) is 5.91 Å². The lowest BCUT2D eigenvalue weighted by Gasteiger charge is -2.31. The van der Waals surface area contributed by atoms with E-state index < -0.39 is 0 Å². The summed E-state index contributed by atoms with van der Waals surface area (Å²) in [4.78, 5) is 14.8. The molecule has 0 aliphatic carbocycles. The van der Waals surface area contributed by atoms with E-state index in [1.54, 1.807) is 19.2 Å². The van der Waals surface area contributed by atoms with Gasteiger partial charge in [-0.3, -0.25) is 9.69 Å².